The monoisotopic (exact) mass is 496 g/mol. The molecule has 11 heteroatoms. The van der Waals surface area contributed by atoms with Crippen LogP contribution in [0.1, 0.15) is 48.5 Å². The molecule has 34 heavy (non-hydrogen) atoms. The van der Waals surface area contributed by atoms with Crippen molar-refractivity contribution in [2.75, 3.05) is 13.1 Å². The molecule has 10 nitrogen and oxygen atoms in total. The molecular weight excluding hydrogens is 464 g/mol. The molecule has 0 saturated carbocycles. The van der Waals surface area contributed by atoms with Gasteiger partial charge in [-0.05, 0) is 53.7 Å². The van der Waals surface area contributed by atoms with E-state index in [4.69, 9.17) is 9.47 Å². The summed E-state index contributed by atoms with van der Waals surface area (Å²) in [6, 6.07) is 4.37. The van der Waals surface area contributed by atoms with E-state index in [0.717, 1.165) is 28.6 Å². The third-order valence-electron chi connectivity index (χ3n) is 5.52. The first-order chi connectivity index (χ1) is 15.3. The smallest absolute Gasteiger partial charge is 0.326 e. The number of non-ortho nitro benzene ring substituents is 1. The van der Waals surface area contributed by atoms with E-state index >= 15 is 0 Å². The van der Waals surface area contributed by atoms with Crippen molar-refractivity contribution >= 4 is 27.6 Å². The number of nitrogens with zero attached hydrogens (tertiary/aromatic N) is 2. The van der Waals surface area contributed by atoms with E-state index in [1.807, 2.05) is 0 Å². The molecule has 1 heterocycles. The standard InChI is InChI=1S/C23H32N2O8S/c1-9-22(8)14-24(34(30,31)17-12-10-16(11-13-17)25(28)29)15-23(22,18(26)32-20(2,3)4)19(27)33-21(5,6)7/h9-13H,1,14-15H2,2-8H3/t22-/m1/s1. The molecule has 1 aromatic carbocycles. The Balaban J connectivity index is 2.64. The Kier molecular flexibility index (Phi) is 7.08. The Morgan fingerprint density at radius 2 is 1.47 bits per heavy atom. The molecule has 1 atom stereocenters. The molecule has 188 valence electrons. The number of nitro groups is 1. The average molecular weight is 497 g/mol. The van der Waals surface area contributed by atoms with E-state index in [1.165, 1.54) is 6.08 Å². The maximum Gasteiger partial charge on any atom is 0.326 e. The van der Waals surface area contributed by atoms with Crippen molar-refractivity contribution in [3.63, 3.8) is 0 Å². The minimum atomic E-state index is -4.24. The van der Waals surface area contributed by atoms with Gasteiger partial charge in [0, 0.05) is 30.6 Å². The predicted molar refractivity (Wildman–Crippen MR) is 124 cm³/mol. The first-order valence-electron chi connectivity index (χ1n) is 10.6. The summed E-state index contributed by atoms with van der Waals surface area (Å²) in [6.07, 6.45) is 1.37. The summed E-state index contributed by atoms with van der Waals surface area (Å²) in [5.41, 5.74) is -5.58. The van der Waals surface area contributed by atoms with Crippen molar-refractivity contribution < 1.29 is 32.4 Å². The SMILES string of the molecule is C=C[C@]1(C)CN(S(=O)(=O)c2ccc([N+](=O)[O-])cc2)CC1(C(=O)OC(C)(C)C)C(=O)OC(C)(C)C. The maximum absolute atomic E-state index is 13.5. The molecule has 0 radical (unpaired) electrons. The van der Waals surface area contributed by atoms with Crippen LogP contribution in [0.3, 0.4) is 0 Å². The zero-order chi connectivity index (χ0) is 26.3. The number of rotatable bonds is 6. The van der Waals surface area contributed by atoms with E-state index in [2.05, 4.69) is 6.58 Å². The van der Waals surface area contributed by atoms with Gasteiger partial charge in [-0.3, -0.25) is 19.7 Å². The molecule has 0 N–H and O–H groups in total. The second-order valence-electron chi connectivity index (χ2n) is 10.6. The number of carbonyl (C=O) groups is 2. The van der Waals surface area contributed by atoms with Crippen LogP contribution in [0.5, 0.6) is 0 Å². The van der Waals surface area contributed by atoms with Gasteiger partial charge in [0.05, 0.1) is 9.82 Å². The van der Waals surface area contributed by atoms with Gasteiger partial charge in [-0.1, -0.05) is 13.0 Å². The van der Waals surface area contributed by atoms with Gasteiger partial charge in [0.2, 0.25) is 10.0 Å². The highest BCUT2D eigenvalue weighted by atomic mass is 32.2. The van der Waals surface area contributed by atoms with Gasteiger partial charge < -0.3 is 9.47 Å². The summed E-state index contributed by atoms with van der Waals surface area (Å²) in [7, 11) is -4.24. The molecule has 1 aliphatic heterocycles. The normalized spacial score (nSPS) is 21.0. The van der Waals surface area contributed by atoms with Crippen LogP contribution in [0.15, 0.2) is 41.8 Å². The summed E-state index contributed by atoms with van der Waals surface area (Å²) in [5.74, 6) is -1.84. The number of nitro benzene ring substituents is 1. The lowest BCUT2D eigenvalue weighted by Crippen LogP contribution is -2.55. The molecule has 0 spiro atoms. The van der Waals surface area contributed by atoms with Gasteiger partial charge in [0.15, 0.2) is 5.41 Å². The fourth-order valence-corrected chi connectivity index (χ4v) is 5.29. The lowest BCUT2D eigenvalue weighted by molar-refractivity contribution is -0.384. The number of carbonyl (C=O) groups excluding carboxylic acids is 2. The molecule has 0 bridgehead atoms. The Labute approximate surface area is 200 Å². The molecule has 2 rings (SSSR count). The summed E-state index contributed by atoms with van der Waals surface area (Å²) in [4.78, 5) is 37.2. The lowest BCUT2D eigenvalue weighted by atomic mass is 9.66. The number of esters is 2. The third kappa shape index (κ3) is 5.15. The van der Waals surface area contributed by atoms with Crippen molar-refractivity contribution in [2.24, 2.45) is 10.8 Å². The molecule has 1 saturated heterocycles. The van der Waals surface area contributed by atoms with Gasteiger partial charge in [-0.25, -0.2) is 8.42 Å². The molecule has 0 amide bonds. The molecule has 1 aromatic rings. The number of hydrogen-bond acceptors (Lipinski definition) is 8. The summed E-state index contributed by atoms with van der Waals surface area (Å²) < 4.78 is 39.0. The predicted octanol–water partition coefficient (Wildman–Crippen LogP) is 3.46. The average Bonchev–Trinajstić information content (AvgIpc) is 3.01. The zero-order valence-corrected chi connectivity index (χ0v) is 21.4. The van der Waals surface area contributed by atoms with E-state index in [1.54, 1.807) is 48.5 Å². The molecular formula is C23H32N2O8S. The van der Waals surface area contributed by atoms with Crippen molar-refractivity contribution in [1.82, 2.24) is 4.31 Å². The van der Waals surface area contributed by atoms with Crippen molar-refractivity contribution in [3.8, 4) is 0 Å². The lowest BCUT2D eigenvalue weighted by Gasteiger charge is -2.39. The minimum absolute atomic E-state index is 0.214. The van der Waals surface area contributed by atoms with Gasteiger partial charge in [-0.2, -0.15) is 4.31 Å². The van der Waals surface area contributed by atoms with E-state index < -0.39 is 55.5 Å². The van der Waals surface area contributed by atoms with Crippen molar-refractivity contribution in [1.29, 1.82) is 0 Å². The zero-order valence-electron chi connectivity index (χ0n) is 20.6. The van der Waals surface area contributed by atoms with Crippen molar-refractivity contribution in [3.05, 3.63) is 47.0 Å². The maximum atomic E-state index is 13.5. The van der Waals surface area contributed by atoms with E-state index in [9.17, 15) is 28.1 Å². The number of benzene rings is 1. The molecule has 1 aliphatic rings. The van der Waals surface area contributed by atoms with Crippen LogP contribution in [0.25, 0.3) is 0 Å². The van der Waals surface area contributed by atoms with Crippen LogP contribution < -0.4 is 0 Å². The fraction of sp³-hybridized carbons (Fsp3) is 0.565. The molecule has 0 aliphatic carbocycles. The van der Waals surface area contributed by atoms with E-state index in [0.29, 0.717) is 0 Å². The Morgan fingerprint density at radius 3 is 1.82 bits per heavy atom. The van der Waals surface area contributed by atoms with Crippen LogP contribution in [-0.2, 0) is 29.1 Å². The topological polar surface area (TPSA) is 133 Å². The highest BCUT2D eigenvalue weighted by Crippen LogP contribution is 2.51. The van der Waals surface area contributed by atoms with Crippen LogP contribution >= 0.6 is 0 Å². The number of ether oxygens (including phenoxy) is 2. The first kappa shape index (κ1) is 27.5. The van der Waals surface area contributed by atoms with Crippen LogP contribution in [0.4, 0.5) is 5.69 Å². The van der Waals surface area contributed by atoms with Crippen LogP contribution in [0, 0.1) is 20.9 Å². The Bertz CT molecular complexity index is 1070. The quantitative estimate of drug-likeness (QED) is 0.192. The minimum Gasteiger partial charge on any atom is -0.459 e. The second-order valence-corrected chi connectivity index (χ2v) is 12.5. The largest absolute Gasteiger partial charge is 0.459 e. The Hall–Kier alpha value is -2.79. The van der Waals surface area contributed by atoms with Crippen LogP contribution in [-0.4, -0.2) is 53.9 Å². The summed E-state index contributed by atoms with van der Waals surface area (Å²) in [5, 5.41) is 10.9. The third-order valence-corrected chi connectivity index (χ3v) is 7.33. The fourth-order valence-electron chi connectivity index (χ4n) is 3.71. The van der Waals surface area contributed by atoms with Gasteiger partial charge in [0.25, 0.3) is 5.69 Å². The van der Waals surface area contributed by atoms with Gasteiger partial charge >= 0.3 is 11.9 Å². The number of sulfonamides is 1. The van der Waals surface area contributed by atoms with Crippen molar-refractivity contribution in [2.45, 2.75) is 64.6 Å². The summed E-state index contributed by atoms with van der Waals surface area (Å²) in [6.45, 7) is 14.4. The van der Waals surface area contributed by atoms with E-state index in [-0.39, 0.29) is 17.1 Å². The molecule has 0 unspecified atom stereocenters. The Morgan fingerprint density at radius 1 is 1.03 bits per heavy atom. The number of hydrogen-bond donors (Lipinski definition) is 0. The second kappa shape index (κ2) is 8.77. The highest BCUT2D eigenvalue weighted by molar-refractivity contribution is 7.89. The summed E-state index contributed by atoms with van der Waals surface area (Å²) >= 11 is 0. The molecule has 1 fully saturated rings. The first-order valence-corrected chi connectivity index (χ1v) is 12.1. The van der Waals surface area contributed by atoms with Crippen LogP contribution in [0.2, 0.25) is 0 Å². The van der Waals surface area contributed by atoms with Gasteiger partial charge in [0.1, 0.15) is 11.2 Å². The highest BCUT2D eigenvalue weighted by Gasteiger charge is 2.68. The molecule has 0 aromatic heterocycles. The van der Waals surface area contributed by atoms with Gasteiger partial charge in [-0.15, -0.1) is 6.58 Å².